The van der Waals surface area contributed by atoms with Gasteiger partial charge in [-0.25, -0.2) is 13.8 Å². The van der Waals surface area contributed by atoms with Gasteiger partial charge in [0.25, 0.3) is 5.91 Å². The molecule has 1 aromatic heterocycles. The first kappa shape index (κ1) is 15.9. The standard InChI is InChI=1S/C16H17F2N3O/c1-21(2)15-9-12(4-6-19-15)16(22)20-5-3-11-7-13(17)10-14(18)8-11/h4,6-10H,3,5H2,1-2H3,(H,20,22). The van der Waals surface area contributed by atoms with Crippen LogP contribution in [0.3, 0.4) is 0 Å². The molecule has 0 saturated heterocycles. The fourth-order valence-corrected chi connectivity index (χ4v) is 1.98. The molecule has 0 aliphatic carbocycles. The van der Waals surface area contributed by atoms with E-state index in [-0.39, 0.29) is 5.91 Å². The second-order valence-corrected chi connectivity index (χ2v) is 5.08. The Balaban J connectivity index is 1.94. The maximum absolute atomic E-state index is 13.1. The van der Waals surface area contributed by atoms with Crippen LogP contribution in [0, 0.1) is 11.6 Å². The van der Waals surface area contributed by atoms with Gasteiger partial charge in [0.05, 0.1) is 0 Å². The Morgan fingerprint density at radius 3 is 2.50 bits per heavy atom. The van der Waals surface area contributed by atoms with Crippen molar-refractivity contribution in [2.75, 3.05) is 25.5 Å². The molecule has 1 N–H and O–H groups in total. The number of amides is 1. The fourth-order valence-electron chi connectivity index (χ4n) is 1.98. The number of benzene rings is 1. The average Bonchev–Trinajstić information content (AvgIpc) is 2.46. The minimum absolute atomic E-state index is 0.248. The molecule has 0 aliphatic heterocycles. The third kappa shape index (κ3) is 4.25. The maximum atomic E-state index is 13.1. The van der Waals surface area contributed by atoms with Crippen LogP contribution in [-0.4, -0.2) is 31.5 Å². The quantitative estimate of drug-likeness (QED) is 0.922. The molecule has 0 fully saturated rings. The van der Waals surface area contributed by atoms with E-state index in [9.17, 15) is 13.6 Å². The molecule has 0 radical (unpaired) electrons. The highest BCUT2D eigenvalue weighted by Gasteiger charge is 2.08. The number of anilines is 1. The lowest BCUT2D eigenvalue weighted by Crippen LogP contribution is -2.26. The number of nitrogens with one attached hydrogen (secondary N) is 1. The zero-order valence-corrected chi connectivity index (χ0v) is 12.4. The van der Waals surface area contributed by atoms with Crippen molar-refractivity contribution in [3.05, 3.63) is 59.3 Å². The van der Waals surface area contributed by atoms with Crippen molar-refractivity contribution in [1.82, 2.24) is 10.3 Å². The summed E-state index contributed by atoms with van der Waals surface area (Å²) in [6.07, 6.45) is 1.91. The molecular formula is C16H17F2N3O. The number of pyridine rings is 1. The Kier molecular flexibility index (Phi) is 5.04. The van der Waals surface area contributed by atoms with E-state index in [4.69, 9.17) is 0 Å². The van der Waals surface area contributed by atoms with Crippen LogP contribution in [0.2, 0.25) is 0 Å². The Morgan fingerprint density at radius 2 is 1.86 bits per heavy atom. The van der Waals surface area contributed by atoms with Crippen LogP contribution in [0.15, 0.2) is 36.5 Å². The highest BCUT2D eigenvalue weighted by atomic mass is 19.1. The SMILES string of the molecule is CN(C)c1cc(C(=O)NCCc2cc(F)cc(F)c2)ccn1. The number of rotatable bonds is 5. The molecule has 1 heterocycles. The summed E-state index contributed by atoms with van der Waals surface area (Å²) in [6.45, 7) is 0.293. The van der Waals surface area contributed by atoms with E-state index in [1.165, 1.54) is 12.1 Å². The molecule has 1 amide bonds. The predicted molar refractivity (Wildman–Crippen MR) is 81.0 cm³/mol. The summed E-state index contributed by atoms with van der Waals surface area (Å²) in [4.78, 5) is 18.0. The lowest BCUT2D eigenvalue weighted by molar-refractivity contribution is 0.0954. The molecule has 2 rings (SSSR count). The van der Waals surface area contributed by atoms with Gasteiger partial charge in [-0.2, -0.15) is 0 Å². The summed E-state index contributed by atoms with van der Waals surface area (Å²) in [6, 6.07) is 6.63. The van der Waals surface area contributed by atoms with Crippen LogP contribution >= 0.6 is 0 Å². The first-order valence-electron chi connectivity index (χ1n) is 6.82. The van der Waals surface area contributed by atoms with Gasteiger partial charge in [0.2, 0.25) is 0 Å². The van der Waals surface area contributed by atoms with E-state index in [2.05, 4.69) is 10.3 Å². The predicted octanol–water partition coefficient (Wildman–Crippen LogP) is 2.40. The second-order valence-electron chi connectivity index (χ2n) is 5.08. The van der Waals surface area contributed by atoms with E-state index in [1.807, 2.05) is 14.1 Å². The fraction of sp³-hybridized carbons (Fsp3) is 0.250. The summed E-state index contributed by atoms with van der Waals surface area (Å²) in [5, 5.41) is 2.72. The van der Waals surface area contributed by atoms with E-state index in [1.54, 1.807) is 23.2 Å². The molecule has 2 aromatic rings. The normalized spacial score (nSPS) is 10.4. The summed E-state index contributed by atoms with van der Waals surface area (Å²) < 4.78 is 26.1. The van der Waals surface area contributed by atoms with Crippen molar-refractivity contribution in [2.24, 2.45) is 0 Å². The lowest BCUT2D eigenvalue weighted by atomic mass is 10.1. The minimum atomic E-state index is -0.619. The molecule has 0 atom stereocenters. The molecule has 0 spiro atoms. The molecule has 4 nitrogen and oxygen atoms in total. The summed E-state index contributed by atoms with van der Waals surface area (Å²) in [5.41, 5.74) is 0.991. The van der Waals surface area contributed by atoms with Gasteiger partial charge < -0.3 is 10.2 Å². The number of nitrogens with zero attached hydrogens (tertiary/aromatic N) is 2. The molecule has 22 heavy (non-hydrogen) atoms. The van der Waals surface area contributed by atoms with Gasteiger partial charge in [-0.05, 0) is 36.2 Å². The van der Waals surface area contributed by atoms with Gasteiger partial charge in [0.1, 0.15) is 17.5 Å². The summed E-state index contributed by atoms with van der Waals surface area (Å²) >= 11 is 0. The van der Waals surface area contributed by atoms with Crippen LogP contribution in [0.5, 0.6) is 0 Å². The first-order valence-corrected chi connectivity index (χ1v) is 6.82. The van der Waals surface area contributed by atoms with Crippen LogP contribution < -0.4 is 10.2 Å². The first-order chi connectivity index (χ1) is 10.5. The number of aromatic nitrogens is 1. The number of hydrogen-bond acceptors (Lipinski definition) is 3. The molecule has 0 aliphatic rings. The average molecular weight is 305 g/mol. The van der Waals surface area contributed by atoms with E-state index >= 15 is 0 Å². The topological polar surface area (TPSA) is 45.2 Å². The molecule has 0 unspecified atom stereocenters. The number of hydrogen-bond donors (Lipinski definition) is 1. The number of carbonyl (C=O) groups excluding carboxylic acids is 1. The summed E-state index contributed by atoms with van der Waals surface area (Å²) in [5.74, 6) is -0.806. The third-order valence-electron chi connectivity index (χ3n) is 3.09. The van der Waals surface area contributed by atoms with Gasteiger partial charge in [0.15, 0.2) is 0 Å². The Morgan fingerprint density at radius 1 is 1.18 bits per heavy atom. The zero-order chi connectivity index (χ0) is 16.1. The molecule has 6 heteroatoms. The zero-order valence-electron chi connectivity index (χ0n) is 12.4. The summed E-state index contributed by atoms with van der Waals surface area (Å²) in [7, 11) is 3.67. The van der Waals surface area contributed by atoms with Crippen molar-refractivity contribution < 1.29 is 13.6 Å². The molecule has 1 aromatic carbocycles. The molecule has 0 bridgehead atoms. The molecule has 0 saturated carbocycles. The van der Waals surface area contributed by atoms with Gasteiger partial charge >= 0.3 is 0 Å². The van der Waals surface area contributed by atoms with Gasteiger partial charge in [0, 0.05) is 38.5 Å². The lowest BCUT2D eigenvalue weighted by Gasteiger charge is -2.12. The Bertz CT molecular complexity index is 654. The molecular weight excluding hydrogens is 288 g/mol. The van der Waals surface area contributed by atoms with Gasteiger partial charge in [-0.1, -0.05) is 0 Å². The second kappa shape index (κ2) is 6.98. The van der Waals surface area contributed by atoms with Crippen LogP contribution in [0.4, 0.5) is 14.6 Å². The number of halogens is 2. The van der Waals surface area contributed by atoms with Crippen molar-refractivity contribution in [2.45, 2.75) is 6.42 Å². The van der Waals surface area contributed by atoms with E-state index < -0.39 is 11.6 Å². The van der Waals surface area contributed by atoms with Crippen molar-refractivity contribution in [1.29, 1.82) is 0 Å². The van der Waals surface area contributed by atoms with Gasteiger partial charge in [-0.15, -0.1) is 0 Å². The highest BCUT2D eigenvalue weighted by Crippen LogP contribution is 2.10. The Hall–Kier alpha value is -2.50. The molecule has 116 valence electrons. The van der Waals surface area contributed by atoms with E-state index in [0.29, 0.717) is 29.9 Å². The van der Waals surface area contributed by atoms with E-state index in [0.717, 1.165) is 6.07 Å². The van der Waals surface area contributed by atoms with Crippen LogP contribution in [0.25, 0.3) is 0 Å². The Labute approximate surface area is 127 Å². The number of carbonyl (C=O) groups is 1. The minimum Gasteiger partial charge on any atom is -0.363 e. The van der Waals surface area contributed by atoms with Gasteiger partial charge in [-0.3, -0.25) is 4.79 Å². The van der Waals surface area contributed by atoms with Crippen LogP contribution in [-0.2, 0) is 6.42 Å². The van der Waals surface area contributed by atoms with Crippen LogP contribution in [0.1, 0.15) is 15.9 Å². The largest absolute Gasteiger partial charge is 0.363 e. The van der Waals surface area contributed by atoms with Crippen molar-refractivity contribution >= 4 is 11.7 Å². The smallest absolute Gasteiger partial charge is 0.251 e. The highest BCUT2D eigenvalue weighted by molar-refractivity contribution is 5.94. The van der Waals surface area contributed by atoms with Crippen molar-refractivity contribution in [3.63, 3.8) is 0 Å². The monoisotopic (exact) mass is 305 g/mol. The third-order valence-corrected chi connectivity index (χ3v) is 3.09. The van der Waals surface area contributed by atoms with Crippen molar-refractivity contribution in [3.8, 4) is 0 Å². The maximum Gasteiger partial charge on any atom is 0.251 e.